The van der Waals surface area contributed by atoms with Crippen LogP contribution in [0, 0.1) is 5.82 Å². The summed E-state index contributed by atoms with van der Waals surface area (Å²) in [6.45, 7) is 5.15. The molecule has 178 valence electrons. The monoisotopic (exact) mass is 457 g/mol. The molecular formula is C24H32FN5O3. The Bertz CT molecular complexity index is 1070. The standard InChI is InChI=1S/C24H32FN5O3/c1-24(2,3)33-23(32)28-14-15-13-17(9-10-18(15)25)30-21(26)20-19(11-12-27-22(20)31)29-16-7-5-4-6-8-16/h9-13,16H,4-8,14H2,1-3H3,(H2,26,30)(H,28,32)(H2,27,29,31). The van der Waals surface area contributed by atoms with E-state index in [0.717, 1.165) is 25.7 Å². The lowest BCUT2D eigenvalue weighted by Gasteiger charge is -2.24. The highest BCUT2D eigenvalue weighted by Gasteiger charge is 2.19. The maximum atomic E-state index is 14.3. The molecule has 0 spiro atoms. The van der Waals surface area contributed by atoms with Crippen molar-refractivity contribution in [3.63, 3.8) is 0 Å². The van der Waals surface area contributed by atoms with Crippen molar-refractivity contribution in [3.8, 4) is 0 Å². The fourth-order valence-electron chi connectivity index (χ4n) is 3.76. The van der Waals surface area contributed by atoms with Crippen LogP contribution < -0.4 is 21.9 Å². The van der Waals surface area contributed by atoms with Crippen molar-refractivity contribution in [3.05, 3.63) is 57.8 Å². The van der Waals surface area contributed by atoms with E-state index >= 15 is 0 Å². The van der Waals surface area contributed by atoms with Crippen LogP contribution in [0.15, 0.2) is 40.2 Å². The molecule has 1 heterocycles. The molecule has 0 aliphatic heterocycles. The van der Waals surface area contributed by atoms with Crippen molar-refractivity contribution >= 4 is 23.3 Å². The van der Waals surface area contributed by atoms with E-state index in [1.54, 1.807) is 33.0 Å². The van der Waals surface area contributed by atoms with Gasteiger partial charge in [0, 0.05) is 24.3 Å². The molecule has 9 heteroatoms. The van der Waals surface area contributed by atoms with E-state index in [1.807, 2.05) is 0 Å². The van der Waals surface area contributed by atoms with Gasteiger partial charge in [-0.05, 0) is 57.9 Å². The number of carbonyl (C=O) groups excluding carboxylic acids is 1. The number of hydrogen-bond acceptors (Lipinski definition) is 5. The van der Waals surface area contributed by atoms with Gasteiger partial charge < -0.3 is 26.1 Å². The Morgan fingerprint density at radius 2 is 1.97 bits per heavy atom. The number of aromatic nitrogens is 1. The van der Waals surface area contributed by atoms with Gasteiger partial charge >= 0.3 is 6.09 Å². The Morgan fingerprint density at radius 1 is 1.24 bits per heavy atom. The molecule has 1 aliphatic rings. The second kappa shape index (κ2) is 10.5. The molecule has 33 heavy (non-hydrogen) atoms. The van der Waals surface area contributed by atoms with E-state index < -0.39 is 17.5 Å². The number of ether oxygens (including phenoxy) is 1. The van der Waals surface area contributed by atoms with Crippen LogP contribution in [0.1, 0.15) is 64.0 Å². The number of H-pyrrole nitrogens is 1. The van der Waals surface area contributed by atoms with Crippen molar-refractivity contribution in [2.45, 2.75) is 71.1 Å². The third-order valence-corrected chi connectivity index (χ3v) is 5.28. The third-order valence-electron chi connectivity index (χ3n) is 5.28. The van der Waals surface area contributed by atoms with Crippen LogP contribution in [-0.2, 0) is 11.3 Å². The second-order valence-electron chi connectivity index (χ2n) is 9.20. The van der Waals surface area contributed by atoms with Gasteiger partial charge in [-0.3, -0.25) is 4.79 Å². The van der Waals surface area contributed by atoms with Gasteiger partial charge in [0.25, 0.3) is 5.56 Å². The summed E-state index contributed by atoms with van der Waals surface area (Å²) in [7, 11) is 0. The number of nitrogens with two attached hydrogens (primary N) is 1. The fraction of sp³-hybridized carbons (Fsp3) is 0.458. The summed E-state index contributed by atoms with van der Waals surface area (Å²) in [4.78, 5) is 31.4. The average molecular weight is 458 g/mol. The number of anilines is 1. The minimum absolute atomic E-state index is 0.0211. The number of carbonyl (C=O) groups is 1. The summed E-state index contributed by atoms with van der Waals surface area (Å²) in [5, 5.41) is 5.95. The van der Waals surface area contributed by atoms with Crippen LogP contribution in [0.5, 0.6) is 0 Å². The summed E-state index contributed by atoms with van der Waals surface area (Å²) in [5.41, 5.74) is 6.67. The molecule has 3 rings (SSSR count). The van der Waals surface area contributed by atoms with Crippen molar-refractivity contribution in [1.82, 2.24) is 10.3 Å². The molecule has 8 nitrogen and oxygen atoms in total. The molecule has 0 radical (unpaired) electrons. The number of hydrogen-bond donors (Lipinski definition) is 4. The van der Waals surface area contributed by atoms with Crippen LogP contribution in [0.3, 0.4) is 0 Å². The summed E-state index contributed by atoms with van der Waals surface area (Å²) in [6, 6.07) is 6.24. The Morgan fingerprint density at radius 3 is 2.67 bits per heavy atom. The molecule has 1 aromatic heterocycles. The number of rotatable bonds is 6. The van der Waals surface area contributed by atoms with Gasteiger partial charge in [-0.25, -0.2) is 14.2 Å². The largest absolute Gasteiger partial charge is 0.444 e. The van der Waals surface area contributed by atoms with Crippen LogP contribution in [0.4, 0.5) is 20.6 Å². The van der Waals surface area contributed by atoms with E-state index in [0.29, 0.717) is 11.4 Å². The Kier molecular flexibility index (Phi) is 7.73. The van der Waals surface area contributed by atoms with Crippen LogP contribution in [0.2, 0.25) is 0 Å². The molecule has 0 unspecified atom stereocenters. The molecular weight excluding hydrogens is 425 g/mol. The average Bonchev–Trinajstić information content (AvgIpc) is 2.73. The lowest BCUT2D eigenvalue weighted by molar-refractivity contribution is 0.0523. The van der Waals surface area contributed by atoms with Crippen molar-refractivity contribution in [2.24, 2.45) is 10.7 Å². The lowest BCUT2D eigenvalue weighted by Crippen LogP contribution is -2.32. The van der Waals surface area contributed by atoms with E-state index in [9.17, 15) is 14.0 Å². The summed E-state index contributed by atoms with van der Waals surface area (Å²) in [5.74, 6) is -0.478. The minimum Gasteiger partial charge on any atom is -0.444 e. The molecule has 1 amide bonds. The normalized spacial score (nSPS) is 15.2. The maximum Gasteiger partial charge on any atom is 0.407 e. The third kappa shape index (κ3) is 7.06. The van der Waals surface area contributed by atoms with Gasteiger partial charge in [-0.15, -0.1) is 0 Å². The van der Waals surface area contributed by atoms with Gasteiger partial charge in [-0.2, -0.15) is 0 Å². The quantitative estimate of drug-likeness (QED) is 0.380. The predicted molar refractivity (Wildman–Crippen MR) is 127 cm³/mol. The number of nitrogens with zero attached hydrogens (tertiary/aromatic N) is 1. The van der Waals surface area contributed by atoms with Crippen LogP contribution >= 0.6 is 0 Å². The molecule has 0 bridgehead atoms. The first-order valence-corrected chi connectivity index (χ1v) is 11.2. The van der Waals surface area contributed by atoms with Gasteiger partial charge in [0.1, 0.15) is 22.8 Å². The summed E-state index contributed by atoms with van der Waals surface area (Å²) in [6.07, 6.45) is 6.52. The number of benzene rings is 1. The minimum atomic E-state index is -0.657. The van der Waals surface area contributed by atoms with Gasteiger partial charge in [0.05, 0.1) is 11.4 Å². The number of aromatic amines is 1. The van der Waals surface area contributed by atoms with E-state index in [4.69, 9.17) is 10.5 Å². The number of nitrogens with one attached hydrogen (secondary N) is 3. The molecule has 1 aromatic carbocycles. The number of amidine groups is 1. The Balaban J connectivity index is 1.80. The first-order chi connectivity index (χ1) is 15.6. The van der Waals surface area contributed by atoms with Crippen molar-refractivity contribution < 1.29 is 13.9 Å². The Hall–Kier alpha value is -3.36. The number of aliphatic imine (C=N–C) groups is 1. The molecule has 5 N–H and O–H groups in total. The molecule has 1 fully saturated rings. The SMILES string of the molecule is CC(C)(C)OC(=O)NCc1cc(N=C(N)c2c(NC3CCCCC3)cc[nH]c2=O)ccc1F. The topological polar surface area (TPSA) is 122 Å². The zero-order valence-corrected chi connectivity index (χ0v) is 19.3. The van der Waals surface area contributed by atoms with E-state index in [1.165, 1.54) is 24.6 Å². The molecule has 1 aliphatic carbocycles. The first kappa shape index (κ1) is 24.3. The number of pyridine rings is 1. The maximum absolute atomic E-state index is 14.3. The number of amides is 1. The van der Waals surface area contributed by atoms with E-state index in [-0.39, 0.29) is 35.1 Å². The molecule has 2 aromatic rings. The molecule has 0 atom stereocenters. The number of alkyl carbamates (subject to hydrolysis) is 1. The van der Waals surface area contributed by atoms with Crippen molar-refractivity contribution in [1.29, 1.82) is 0 Å². The highest BCUT2D eigenvalue weighted by Crippen LogP contribution is 2.24. The zero-order valence-electron chi connectivity index (χ0n) is 19.3. The van der Waals surface area contributed by atoms with Crippen molar-refractivity contribution in [2.75, 3.05) is 5.32 Å². The Labute approximate surface area is 192 Å². The molecule has 0 saturated heterocycles. The van der Waals surface area contributed by atoms with Crippen LogP contribution in [0.25, 0.3) is 0 Å². The summed E-state index contributed by atoms with van der Waals surface area (Å²) >= 11 is 0. The number of halogens is 1. The summed E-state index contributed by atoms with van der Waals surface area (Å²) < 4.78 is 19.4. The first-order valence-electron chi connectivity index (χ1n) is 11.2. The smallest absolute Gasteiger partial charge is 0.407 e. The molecule has 1 saturated carbocycles. The van der Waals surface area contributed by atoms with Gasteiger partial charge in [0.2, 0.25) is 0 Å². The van der Waals surface area contributed by atoms with Crippen LogP contribution in [-0.4, -0.2) is 28.6 Å². The highest BCUT2D eigenvalue weighted by atomic mass is 19.1. The predicted octanol–water partition coefficient (Wildman–Crippen LogP) is 4.32. The van der Waals surface area contributed by atoms with Gasteiger partial charge in [-0.1, -0.05) is 19.3 Å². The fourth-order valence-corrected chi connectivity index (χ4v) is 3.76. The highest BCUT2D eigenvalue weighted by molar-refractivity contribution is 6.03. The van der Waals surface area contributed by atoms with E-state index in [2.05, 4.69) is 20.6 Å². The second-order valence-corrected chi connectivity index (χ2v) is 9.20. The zero-order chi connectivity index (χ0) is 24.0. The lowest BCUT2D eigenvalue weighted by atomic mass is 9.95. The van der Waals surface area contributed by atoms with Gasteiger partial charge in [0.15, 0.2) is 0 Å².